The van der Waals surface area contributed by atoms with Crippen molar-refractivity contribution in [2.75, 3.05) is 31.6 Å². The van der Waals surface area contributed by atoms with Gasteiger partial charge in [0.05, 0.1) is 13.2 Å². The number of anilines is 1. The summed E-state index contributed by atoms with van der Waals surface area (Å²) < 4.78 is 5.89. The molecular formula is C29H30N4O2. The maximum atomic E-state index is 13.5. The molecule has 1 amide bonds. The van der Waals surface area contributed by atoms with E-state index >= 15 is 0 Å². The molecule has 1 aliphatic rings. The van der Waals surface area contributed by atoms with E-state index in [-0.39, 0.29) is 11.8 Å². The minimum atomic E-state index is 0.0487. The number of nitrogens with one attached hydrogen (secondary N) is 1. The average Bonchev–Trinajstić information content (AvgIpc) is 3.14. The highest BCUT2D eigenvalue weighted by atomic mass is 16.5. The zero-order valence-corrected chi connectivity index (χ0v) is 20.0. The fourth-order valence-corrected chi connectivity index (χ4v) is 4.61. The van der Waals surface area contributed by atoms with Gasteiger partial charge in [-0.1, -0.05) is 24.3 Å². The Morgan fingerprint density at radius 1 is 1.03 bits per heavy atom. The third-order valence-corrected chi connectivity index (χ3v) is 6.54. The first kappa shape index (κ1) is 23.0. The lowest BCUT2D eigenvalue weighted by Gasteiger charge is -2.24. The zero-order chi connectivity index (χ0) is 24.0. The molecule has 6 nitrogen and oxygen atoms in total. The van der Waals surface area contributed by atoms with Crippen molar-refractivity contribution in [1.29, 1.82) is 0 Å². The molecule has 178 valence electrons. The number of amides is 1. The second-order valence-corrected chi connectivity index (χ2v) is 9.20. The van der Waals surface area contributed by atoms with Gasteiger partial charge in [0, 0.05) is 67.0 Å². The molecule has 1 aliphatic heterocycles. The maximum Gasteiger partial charge on any atom is 0.254 e. The Morgan fingerprint density at radius 3 is 2.83 bits per heavy atom. The molecule has 1 saturated heterocycles. The van der Waals surface area contributed by atoms with Crippen LogP contribution in [-0.4, -0.2) is 47.1 Å². The minimum absolute atomic E-state index is 0.0487. The first-order valence-electron chi connectivity index (χ1n) is 12.1. The van der Waals surface area contributed by atoms with Gasteiger partial charge < -0.3 is 15.0 Å². The molecule has 1 atom stereocenters. The third kappa shape index (κ3) is 5.66. The number of carbonyl (C=O) groups is 1. The maximum absolute atomic E-state index is 13.5. The highest BCUT2D eigenvalue weighted by Crippen LogP contribution is 2.22. The predicted octanol–water partition coefficient (Wildman–Crippen LogP) is 4.88. The van der Waals surface area contributed by atoms with Gasteiger partial charge in [-0.2, -0.15) is 0 Å². The summed E-state index contributed by atoms with van der Waals surface area (Å²) in [7, 11) is 0. The van der Waals surface area contributed by atoms with Crippen LogP contribution in [0, 0.1) is 12.8 Å². The van der Waals surface area contributed by atoms with Crippen LogP contribution in [-0.2, 0) is 17.7 Å². The number of nitrogens with zero attached hydrogens (tertiary/aromatic N) is 3. The smallest absolute Gasteiger partial charge is 0.254 e. The Hall–Kier alpha value is -3.77. The molecule has 4 aromatic rings. The summed E-state index contributed by atoms with van der Waals surface area (Å²) in [5.74, 6) is 0.289. The summed E-state index contributed by atoms with van der Waals surface area (Å²) in [6.45, 7) is 5.20. The largest absolute Gasteiger partial charge is 0.381 e. The van der Waals surface area contributed by atoms with Crippen LogP contribution < -0.4 is 5.32 Å². The summed E-state index contributed by atoms with van der Waals surface area (Å²) in [5, 5.41) is 5.78. The Labute approximate surface area is 206 Å². The molecule has 0 spiro atoms. The van der Waals surface area contributed by atoms with Gasteiger partial charge in [-0.05, 0) is 65.8 Å². The van der Waals surface area contributed by atoms with E-state index in [9.17, 15) is 4.79 Å². The van der Waals surface area contributed by atoms with Crippen LogP contribution in [0.25, 0.3) is 10.8 Å². The molecule has 0 saturated carbocycles. The summed E-state index contributed by atoms with van der Waals surface area (Å²) in [6.07, 6.45) is 8.19. The second-order valence-electron chi connectivity index (χ2n) is 9.20. The summed E-state index contributed by atoms with van der Waals surface area (Å²) in [5.41, 5.74) is 5.10. The number of hydrogen-bond acceptors (Lipinski definition) is 5. The molecule has 3 heterocycles. The average molecular weight is 467 g/mol. The molecule has 2 aromatic heterocycles. The normalized spacial score (nSPS) is 16.1. The van der Waals surface area contributed by atoms with E-state index in [4.69, 9.17) is 4.74 Å². The van der Waals surface area contributed by atoms with Crippen LogP contribution in [0.3, 0.4) is 0 Å². The van der Waals surface area contributed by atoms with Crippen molar-refractivity contribution in [3.63, 3.8) is 0 Å². The van der Waals surface area contributed by atoms with E-state index in [0.717, 1.165) is 28.6 Å². The number of hydrogen-bond donors (Lipinski definition) is 1. The predicted molar refractivity (Wildman–Crippen MR) is 138 cm³/mol. The van der Waals surface area contributed by atoms with Crippen LogP contribution in [0.1, 0.15) is 27.0 Å². The summed E-state index contributed by atoms with van der Waals surface area (Å²) in [6, 6.07) is 18.4. The van der Waals surface area contributed by atoms with E-state index in [2.05, 4.69) is 40.4 Å². The molecule has 0 bridgehead atoms. The number of benzene rings is 2. The number of fused-ring (bicyclic) bond motifs is 1. The van der Waals surface area contributed by atoms with E-state index in [1.165, 1.54) is 10.9 Å². The van der Waals surface area contributed by atoms with Crippen LogP contribution in [0.5, 0.6) is 0 Å². The third-order valence-electron chi connectivity index (χ3n) is 6.54. The lowest BCUT2D eigenvalue weighted by molar-refractivity contribution is 0.0737. The Bertz CT molecular complexity index is 1310. The van der Waals surface area contributed by atoms with Gasteiger partial charge in [-0.15, -0.1) is 0 Å². The van der Waals surface area contributed by atoms with Gasteiger partial charge in [0.1, 0.15) is 0 Å². The number of aromatic nitrogens is 2. The molecule has 2 aromatic carbocycles. The van der Waals surface area contributed by atoms with Crippen LogP contribution >= 0.6 is 0 Å². The lowest BCUT2D eigenvalue weighted by atomic mass is 9.97. The second kappa shape index (κ2) is 10.7. The fraction of sp³-hybridized carbons (Fsp3) is 0.276. The fourth-order valence-electron chi connectivity index (χ4n) is 4.61. The standard InChI is InChI=1S/C29H30N4O2/c1-21-4-6-26(15-28(21)32-17-23-3-2-9-30-16-23)29(34)33-11-12-35-20-24(19-33)13-22-5-7-25-8-10-31-18-27(25)14-22/h2-10,14-16,18,24,32H,11-13,17,19-20H2,1H3/t24-/m1/s1. The molecule has 6 heteroatoms. The van der Waals surface area contributed by atoms with E-state index in [1.807, 2.05) is 59.9 Å². The number of rotatable bonds is 6. The molecule has 1 fully saturated rings. The van der Waals surface area contributed by atoms with Crippen LogP contribution in [0.4, 0.5) is 5.69 Å². The van der Waals surface area contributed by atoms with Crippen molar-refractivity contribution in [3.05, 3.63) is 102 Å². The van der Waals surface area contributed by atoms with Crippen molar-refractivity contribution in [2.45, 2.75) is 19.9 Å². The van der Waals surface area contributed by atoms with Crippen molar-refractivity contribution < 1.29 is 9.53 Å². The molecule has 0 unspecified atom stereocenters. The van der Waals surface area contributed by atoms with E-state index in [1.54, 1.807) is 6.20 Å². The van der Waals surface area contributed by atoms with Crippen molar-refractivity contribution in [1.82, 2.24) is 14.9 Å². The minimum Gasteiger partial charge on any atom is -0.381 e. The first-order chi connectivity index (χ1) is 17.2. The quantitative estimate of drug-likeness (QED) is 0.439. The highest BCUT2D eigenvalue weighted by Gasteiger charge is 2.24. The topological polar surface area (TPSA) is 67.4 Å². The highest BCUT2D eigenvalue weighted by molar-refractivity contribution is 5.95. The number of pyridine rings is 2. The van der Waals surface area contributed by atoms with Gasteiger partial charge in [-0.3, -0.25) is 14.8 Å². The molecule has 5 rings (SSSR count). The van der Waals surface area contributed by atoms with Gasteiger partial charge in [0.15, 0.2) is 0 Å². The van der Waals surface area contributed by atoms with E-state index < -0.39 is 0 Å². The van der Waals surface area contributed by atoms with Gasteiger partial charge >= 0.3 is 0 Å². The van der Waals surface area contributed by atoms with Gasteiger partial charge in [-0.25, -0.2) is 0 Å². The number of carbonyl (C=O) groups excluding carboxylic acids is 1. The summed E-state index contributed by atoms with van der Waals surface area (Å²) in [4.78, 5) is 23.8. The molecular weight excluding hydrogens is 436 g/mol. The Morgan fingerprint density at radius 2 is 1.94 bits per heavy atom. The van der Waals surface area contributed by atoms with E-state index in [0.29, 0.717) is 38.4 Å². The number of ether oxygens (including phenoxy) is 1. The van der Waals surface area contributed by atoms with Crippen LogP contribution in [0.2, 0.25) is 0 Å². The molecule has 35 heavy (non-hydrogen) atoms. The van der Waals surface area contributed by atoms with Crippen LogP contribution in [0.15, 0.2) is 79.4 Å². The van der Waals surface area contributed by atoms with Gasteiger partial charge in [0.25, 0.3) is 5.91 Å². The number of aryl methyl sites for hydroxylation is 1. The zero-order valence-electron chi connectivity index (χ0n) is 20.0. The molecule has 0 aliphatic carbocycles. The van der Waals surface area contributed by atoms with Gasteiger partial charge in [0.2, 0.25) is 0 Å². The Kier molecular flexibility index (Phi) is 7.00. The Balaban J connectivity index is 1.28. The first-order valence-corrected chi connectivity index (χ1v) is 12.1. The molecule has 1 N–H and O–H groups in total. The summed E-state index contributed by atoms with van der Waals surface area (Å²) >= 11 is 0. The lowest BCUT2D eigenvalue weighted by Crippen LogP contribution is -2.36. The van der Waals surface area contributed by atoms with Crippen molar-refractivity contribution in [3.8, 4) is 0 Å². The monoisotopic (exact) mass is 466 g/mol. The van der Waals surface area contributed by atoms with Crippen molar-refractivity contribution >= 4 is 22.4 Å². The van der Waals surface area contributed by atoms with Crippen molar-refractivity contribution in [2.24, 2.45) is 5.92 Å². The SMILES string of the molecule is Cc1ccc(C(=O)N2CCOC[C@H](Cc3ccc4ccncc4c3)C2)cc1NCc1cccnc1. The molecule has 0 radical (unpaired) electrons.